The van der Waals surface area contributed by atoms with Crippen LogP contribution >= 0.6 is 11.8 Å². The number of amides is 2. The Balaban J connectivity index is 1.99. The molecule has 0 unspecified atom stereocenters. The number of thioether (sulfide) groups is 1. The van der Waals surface area contributed by atoms with E-state index in [1.54, 1.807) is 28.8 Å². The summed E-state index contributed by atoms with van der Waals surface area (Å²) in [6.07, 6.45) is 0.893. The molecule has 0 spiro atoms. The number of benzene rings is 1. The van der Waals surface area contributed by atoms with Gasteiger partial charge in [0.15, 0.2) is 0 Å². The topological polar surface area (TPSA) is 49.4 Å². The van der Waals surface area contributed by atoms with Crippen molar-refractivity contribution in [3.63, 3.8) is 0 Å². The largest absolute Gasteiger partial charge is 0.325 e. The molecular weight excluding hydrogens is 260 g/mol. The highest BCUT2D eigenvalue weighted by molar-refractivity contribution is 7.99. The predicted molar refractivity (Wildman–Crippen MR) is 76.4 cm³/mol. The molecule has 0 radical (unpaired) electrons. The minimum Gasteiger partial charge on any atom is -0.325 e. The number of hydrogen-bond donors (Lipinski definition) is 1. The molecule has 0 aliphatic carbocycles. The van der Waals surface area contributed by atoms with Crippen LogP contribution in [0.15, 0.2) is 24.3 Å². The fourth-order valence-electron chi connectivity index (χ4n) is 2.83. The number of para-hydroxylation sites is 1. The Bertz CT molecular complexity index is 532. The number of carbonyl (C=O) groups excluding carboxylic acids is 2. The molecule has 19 heavy (non-hydrogen) atoms. The summed E-state index contributed by atoms with van der Waals surface area (Å²) in [7, 11) is 0. The summed E-state index contributed by atoms with van der Waals surface area (Å²) in [4.78, 5) is 26.6. The normalized spacial score (nSPS) is 25.6. The van der Waals surface area contributed by atoms with Gasteiger partial charge >= 0.3 is 0 Å². The monoisotopic (exact) mass is 276 g/mol. The SMILES string of the molecule is CCS[C@@H]1CCN2C(=O)c3ccccc3NC(=O)[C@H]12. The number of fused-ring (bicyclic) bond motifs is 2. The number of nitrogens with one attached hydrogen (secondary N) is 1. The molecule has 1 fully saturated rings. The molecule has 4 nitrogen and oxygen atoms in total. The molecule has 0 saturated carbocycles. The molecule has 1 aromatic rings. The van der Waals surface area contributed by atoms with Crippen molar-refractivity contribution in [1.29, 1.82) is 0 Å². The lowest BCUT2D eigenvalue weighted by atomic mass is 10.1. The van der Waals surface area contributed by atoms with Gasteiger partial charge in [0.2, 0.25) is 5.91 Å². The molecule has 0 aromatic heterocycles. The summed E-state index contributed by atoms with van der Waals surface area (Å²) in [5.74, 6) is 0.878. The summed E-state index contributed by atoms with van der Waals surface area (Å²) in [5, 5.41) is 3.11. The van der Waals surface area contributed by atoms with E-state index in [0.717, 1.165) is 12.2 Å². The number of anilines is 1. The van der Waals surface area contributed by atoms with Gasteiger partial charge in [-0.2, -0.15) is 11.8 Å². The number of carbonyl (C=O) groups is 2. The van der Waals surface area contributed by atoms with Crippen LogP contribution in [0.3, 0.4) is 0 Å². The van der Waals surface area contributed by atoms with Gasteiger partial charge in [-0.1, -0.05) is 19.1 Å². The molecule has 2 atom stereocenters. The minimum atomic E-state index is -0.329. The molecule has 2 amide bonds. The van der Waals surface area contributed by atoms with Gasteiger partial charge in [0.25, 0.3) is 5.91 Å². The van der Waals surface area contributed by atoms with E-state index in [1.807, 2.05) is 12.1 Å². The fourth-order valence-corrected chi connectivity index (χ4v) is 3.98. The van der Waals surface area contributed by atoms with E-state index in [9.17, 15) is 9.59 Å². The molecule has 1 saturated heterocycles. The smallest absolute Gasteiger partial charge is 0.256 e. The Morgan fingerprint density at radius 3 is 2.95 bits per heavy atom. The van der Waals surface area contributed by atoms with Crippen LogP contribution in [-0.4, -0.2) is 40.3 Å². The molecule has 1 N–H and O–H groups in total. The van der Waals surface area contributed by atoms with Crippen LogP contribution in [0.25, 0.3) is 0 Å². The first-order chi connectivity index (χ1) is 9.22. The van der Waals surface area contributed by atoms with E-state index >= 15 is 0 Å². The quantitative estimate of drug-likeness (QED) is 0.898. The van der Waals surface area contributed by atoms with Crippen molar-refractivity contribution in [2.75, 3.05) is 17.6 Å². The summed E-state index contributed by atoms with van der Waals surface area (Å²) in [6, 6.07) is 6.90. The van der Waals surface area contributed by atoms with E-state index in [-0.39, 0.29) is 23.1 Å². The molecule has 2 aliphatic rings. The maximum absolute atomic E-state index is 12.5. The zero-order valence-corrected chi connectivity index (χ0v) is 11.6. The summed E-state index contributed by atoms with van der Waals surface area (Å²) in [5.41, 5.74) is 1.23. The van der Waals surface area contributed by atoms with Crippen molar-refractivity contribution >= 4 is 29.3 Å². The van der Waals surface area contributed by atoms with Crippen molar-refractivity contribution in [1.82, 2.24) is 4.90 Å². The second kappa shape index (κ2) is 4.89. The fraction of sp³-hybridized carbons (Fsp3) is 0.429. The van der Waals surface area contributed by atoms with Crippen LogP contribution in [0.5, 0.6) is 0 Å². The average Bonchev–Trinajstić information content (AvgIpc) is 2.78. The van der Waals surface area contributed by atoms with E-state index in [0.29, 0.717) is 17.8 Å². The maximum atomic E-state index is 12.5. The van der Waals surface area contributed by atoms with E-state index in [2.05, 4.69) is 12.2 Å². The van der Waals surface area contributed by atoms with Gasteiger partial charge in [-0.3, -0.25) is 9.59 Å². The van der Waals surface area contributed by atoms with Crippen molar-refractivity contribution in [2.24, 2.45) is 0 Å². The Hall–Kier alpha value is -1.49. The van der Waals surface area contributed by atoms with Gasteiger partial charge in [0, 0.05) is 11.8 Å². The number of rotatable bonds is 2. The Kier molecular flexibility index (Phi) is 3.22. The first kappa shape index (κ1) is 12.5. The maximum Gasteiger partial charge on any atom is 0.256 e. The Labute approximate surface area is 116 Å². The molecular formula is C14H16N2O2S. The van der Waals surface area contributed by atoms with Gasteiger partial charge < -0.3 is 10.2 Å². The van der Waals surface area contributed by atoms with Gasteiger partial charge in [-0.15, -0.1) is 0 Å². The van der Waals surface area contributed by atoms with Crippen LogP contribution in [0.2, 0.25) is 0 Å². The van der Waals surface area contributed by atoms with Crippen LogP contribution in [0.4, 0.5) is 5.69 Å². The highest BCUT2D eigenvalue weighted by atomic mass is 32.2. The third-order valence-corrected chi connectivity index (χ3v) is 4.92. The predicted octanol–water partition coefficient (Wildman–Crippen LogP) is 1.97. The van der Waals surface area contributed by atoms with Gasteiger partial charge in [0.05, 0.1) is 11.3 Å². The third-order valence-electron chi connectivity index (χ3n) is 3.67. The third kappa shape index (κ3) is 2.02. The van der Waals surface area contributed by atoms with Gasteiger partial charge in [-0.05, 0) is 24.3 Å². The van der Waals surface area contributed by atoms with E-state index < -0.39 is 0 Å². The van der Waals surface area contributed by atoms with Crippen molar-refractivity contribution < 1.29 is 9.59 Å². The van der Waals surface area contributed by atoms with Crippen molar-refractivity contribution in [3.8, 4) is 0 Å². The van der Waals surface area contributed by atoms with Crippen molar-refractivity contribution in [2.45, 2.75) is 24.6 Å². The summed E-state index contributed by atoms with van der Waals surface area (Å²) < 4.78 is 0. The second-order valence-corrected chi connectivity index (χ2v) is 6.28. The molecule has 2 heterocycles. The number of nitrogens with zero attached hydrogens (tertiary/aromatic N) is 1. The van der Waals surface area contributed by atoms with E-state index in [1.165, 1.54) is 0 Å². The van der Waals surface area contributed by atoms with Crippen LogP contribution in [-0.2, 0) is 4.79 Å². The lowest BCUT2D eigenvalue weighted by molar-refractivity contribution is -0.119. The minimum absolute atomic E-state index is 0.0295. The Morgan fingerprint density at radius 2 is 2.16 bits per heavy atom. The molecule has 100 valence electrons. The van der Waals surface area contributed by atoms with Gasteiger partial charge in [-0.25, -0.2) is 0 Å². The molecule has 3 rings (SSSR count). The van der Waals surface area contributed by atoms with Crippen LogP contribution in [0.1, 0.15) is 23.7 Å². The summed E-state index contributed by atoms with van der Waals surface area (Å²) in [6.45, 7) is 2.75. The lowest BCUT2D eigenvalue weighted by Crippen LogP contribution is -2.44. The zero-order valence-electron chi connectivity index (χ0n) is 10.8. The molecule has 5 heteroatoms. The summed E-state index contributed by atoms with van der Waals surface area (Å²) >= 11 is 1.76. The second-order valence-electron chi connectivity index (χ2n) is 4.76. The highest BCUT2D eigenvalue weighted by Crippen LogP contribution is 2.34. The molecule has 0 bridgehead atoms. The van der Waals surface area contributed by atoms with Gasteiger partial charge in [0.1, 0.15) is 6.04 Å². The average molecular weight is 276 g/mol. The lowest BCUT2D eigenvalue weighted by Gasteiger charge is -2.23. The first-order valence-electron chi connectivity index (χ1n) is 6.55. The number of hydrogen-bond acceptors (Lipinski definition) is 3. The van der Waals surface area contributed by atoms with Crippen molar-refractivity contribution in [3.05, 3.63) is 29.8 Å². The van der Waals surface area contributed by atoms with E-state index in [4.69, 9.17) is 0 Å². The zero-order chi connectivity index (χ0) is 13.4. The standard InChI is InChI=1S/C14H16N2O2S/c1-2-19-11-7-8-16-12(11)13(17)15-10-6-4-3-5-9(10)14(16)18/h3-6,11-12H,2,7-8H2,1H3,(H,15,17)/t11-,12+/m1/s1. The van der Waals surface area contributed by atoms with Crippen LogP contribution < -0.4 is 5.32 Å². The molecule has 2 aliphatic heterocycles. The highest BCUT2D eigenvalue weighted by Gasteiger charge is 2.44. The van der Waals surface area contributed by atoms with Crippen LogP contribution in [0, 0.1) is 0 Å². The Morgan fingerprint density at radius 1 is 1.37 bits per heavy atom. The first-order valence-corrected chi connectivity index (χ1v) is 7.59. The molecule has 1 aromatic carbocycles.